The molecule has 0 atom stereocenters. The molecule has 1 saturated heterocycles. The van der Waals surface area contributed by atoms with Gasteiger partial charge in [0.15, 0.2) is 5.78 Å². The number of carbonyl (C=O) groups excluding carboxylic acids is 2. The minimum atomic E-state index is -0.0407. The second kappa shape index (κ2) is 9.53. The van der Waals surface area contributed by atoms with E-state index in [9.17, 15) is 9.59 Å². The van der Waals surface area contributed by atoms with Gasteiger partial charge in [0.25, 0.3) is 0 Å². The molecule has 0 aliphatic carbocycles. The number of nitrogens with one attached hydrogen (secondary N) is 1. The Hall–Kier alpha value is -3.19. The lowest BCUT2D eigenvalue weighted by Crippen LogP contribution is -2.49. The molecule has 2 heterocycles. The van der Waals surface area contributed by atoms with Crippen molar-refractivity contribution in [2.75, 3.05) is 42.9 Å². The zero-order valence-electron chi connectivity index (χ0n) is 19.0. The summed E-state index contributed by atoms with van der Waals surface area (Å²) in [5, 5.41) is 2.92. The van der Waals surface area contributed by atoms with Crippen molar-refractivity contribution in [3.63, 3.8) is 0 Å². The molecule has 3 aromatic rings. The molecule has 4 rings (SSSR count). The summed E-state index contributed by atoms with van der Waals surface area (Å²) >= 11 is 0. The molecule has 32 heavy (non-hydrogen) atoms. The number of anilines is 2. The van der Waals surface area contributed by atoms with Crippen LogP contribution in [0.1, 0.15) is 31.1 Å². The van der Waals surface area contributed by atoms with Crippen LogP contribution in [0, 0.1) is 5.92 Å². The zero-order chi connectivity index (χ0) is 22.7. The average Bonchev–Trinajstić information content (AvgIpc) is 3.12. The van der Waals surface area contributed by atoms with Gasteiger partial charge in [-0.2, -0.15) is 0 Å². The van der Waals surface area contributed by atoms with Crippen LogP contribution < -0.4 is 10.2 Å². The standard InChI is InChI=1S/C25H31N5O2/c1-18(2)16-30-23-7-5-4-6-22(23)27-25(30)29-14-12-28(13-15-29)17-24(32)26-21-10-8-20(9-11-21)19(3)31/h4-11,18H,12-17H2,1-3H3,(H,26,32). The van der Waals surface area contributed by atoms with Crippen LogP contribution in [0.4, 0.5) is 11.6 Å². The van der Waals surface area contributed by atoms with Gasteiger partial charge in [-0.25, -0.2) is 4.98 Å². The SMILES string of the molecule is CC(=O)c1ccc(NC(=O)CN2CCN(c3nc4ccccc4n3CC(C)C)CC2)cc1. The van der Waals surface area contributed by atoms with E-state index in [4.69, 9.17) is 4.98 Å². The lowest BCUT2D eigenvalue weighted by Gasteiger charge is -2.35. The van der Waals surface area contributed by atoms with E-state index in [1.807, 2.05) is 6.07 Å². The van der Waals surface area contributed by atoms with Crippen molar-refractivity contribution in [2.45, 2.75) is 27.3 Å². The second-order valence-corrected chi connectivity index (χ2v) is 8.85. The molecule has 1 aliphatic rings. The molecule has 168 valence electrons. The number of hydrogen-bond acceptors (Lipinski definition) is 5. The van der Waals surface area contributed by atoms with E-state index in [1.54, 1.807) is 24.3 Å². The Morgan fingerprint density at radius 3 is 2.34 bits per heavy atom. The average molecular weight is 434 g/mol. The molecule has 0 radical (unpaired) electrons. The van der Waals surface area contributed by atoms with Crippen LogP contribution >= 0.6 is 0 Å². The van der Waals surface area contributed by atoms with E-state index in [-0.39, 0.29) is 11.7 Å². The van der Waals surface area contributed by atoms with Crippen molar-refractivity contribution in [1.82, 2.24) is 14.5 Å². The summed E-state index contributed by atoms with van der Waals surface area (Å²) < 4.78 is 2.33. The highest BCUT2D eigenvalue weighted by Crippen LogP contribution is 2.25. The van der Waals surface area contributed by atoms with Gasteiger partial charge in [-0.05, 0) is 49.2 Å². The third-order valence-corrected chi connectivity index (χ3v) is 5.78. The van der Waals surface area contributed by atoms with E-state index in [0.29, 0.717) is 23.7 Å². The highest BCUT2D eigenvalue weighted by Gasteiger charge is 2.23. The number of hydrogen-bond donors (Lipinski definition) is 1. The third-order valence-electron chi connectivity index (χ3n) is 5.78. The summed E-state index contributed by atoms with van der Waals surface area (Å²) in [4.78, 5) is 33.3. The lowest BCUT2D eigenvalue weighted by molar-refractivity contribution is -0.117. The topological polar surface area (TPSA) is 70.5 Å². The summed E-state index contributed by atoms with van der Waals surface area (Å²) in [6, 6.07) is 15.3. The fraction of sp³-hybridized carbons (Fsp3) is 0.400. The number of piperazine rings is 1. The fourth-order valence-electron chi connectivity index (χ4n) is 4.15. The van der Waals surface area contributed by atoms with Crippen LogP contribution in [0.15, 0.2) is 48.5 Å². The normalized spacial score (nSPS) is 14.8. The van der Waals surface area contributed by atoms with Gasteiger partial charge >= 0.3 is 0 Å². The Kier molecular flexibility index (Phi) is 6.55. The van der Waals surface area contributed by atoms with Gasteiger partial charge in [0.05, 0.1) is 17.6 Å². The number of carbonyl (C=O) groups is 2. The predicted molar refractivity (Wildman–Crippen MR) is 128 cm³/mol. The molecule has 1 amide bonds. The first-order valence-corrected chi connectivity index (χ1v) is 11.2. The first-order valence-electron chi connectivity index (χ1n) is 11.2. The fourth-order valence-corrected chi connectivity index (χ4v) is 4.15. The van der Waals surface area contributed by atoms with Crippen molar-refractivity contribution < 1.29 is 9.59 Å². The van der Waals surface area contributed by atoms with Crippen molar-refractivity contribution in [1.29, 1.82) is 0 Å². The number of benzene rings is 2. The number of Topliss-reactive ketones (excluding diaryl/α,β-unsaturated/α-hetero) is 1. The molecule has 1 N–H and O–H groups in total. The van der Waals surface area contributed by atoms with Gasteiger partial charge in [0, 0.05) is 44.0 Å². The number of ketones is 1. The number of para-hydroxylation sites is 2. The molecular weight excluding hydrogens is 402 g/mol. The van der Waals surface area contributed by atoms with Crippen molar-refractivity contribution in [3.8, 4) is 0 Å². The van der Waals surface area contributed by atoms with Gasteiger partial charge in [0.2, 0.25) is 11.9 Å². The molecule has 0 unspecified atom stereocenters. The van der Waals surface area contributed by atoms with E-state index in [1.165, 1.54) is 12.4 Å². The number of imidazole rings is 1. The molecule has 7 heteroatoms. The molecule has 0 spiro atoms. The minimum Gasteiger partial charge on any atom is -0.340 e. The number of aromatic nitrogens is 2. The van der Waals surface area contributed by atoms with E-state index < -0.39 is 0 Å². The van der Waals surface area contributed by atoms with Crippen LogP contribution in [-0.2, 0) is 11.3 Å². The maximum atomic E-state index is 12.5. The maximum absolute atomic E-state index is 12.5. The Morgan fingerprint density at radius 1 is 1.00 bits per heavy atom. The first-order chi connectivity index (χ1) is 15.4. The van der Waals surface area contributed by atoms with Gasteiger partial charge in [-0.3, -0.25) is 14.5 Å². The maximum Gasteiger partial charge on any atom is 0.238 e. The Bertz CT molecular complexity index is 1100. The highest BCUT2D eigenvalue weighted by atomic mass is 16.2. The molecule has 0 saturated carbocycles. The summed E-state index contributed by atoms with van der Waals surface area (Å²) in [6.07, 6.45) is 0. The molecule has 1 aromatic heterocycles. The highest BCUT2D eigenvalue weighted by molar-refractivity contribution is 5.96. The Labute approximate surface area is 189 Å². The second-order valence-electron chi connectivity index (χ2n) is 8.85. The van der Waals surface area contributed by atoms with Crippen molar-refractivity contribution in [2.24, 2.45) is 5.92 Å². The van der Waals surface area contributed by atoms with Gasteiger partial charge in [-0.15, -0.1) is 0 Å². The summed E-state index contributed by atoms with van der Waals surface area (Å²) in [5.41, 5.74) is 3.55. The molecular formula is C25H31N5O2. The molecule has 1 aliphatic heterocycles. The Morgan fingerprint density at radius 2 is 1.69 bits per heavy atom. The van der Waals surface area contributed by atoms with E-state index in [2.05, 4.69) is 51.7 Å². The van der Waals surface area contributed by atoms with E-state index in [0.717, 1.165) is 44.2 Å². The quantitative estimate of drug-likeness (QED) is 0.576. The third kappa shape index (κ3) is 4.99. The lowest BCUT2D eigenvalue weighted by atomic mass is 10.1. The van der Waals surface area contributed by atoms with Crippen molar-refractivity contribution >= 4 is 34.4 Å². The number of rotatable bonds is 7. The van der Waals surface area contributed by atoms with Crippen LogP contribution in [0.2, 0.25) is 0 Å². The molecule has 2 aromatic carbocycles. The summed E-state index contributed by atoms with van der Waals surface area (Å²) in [5.74, 6) is 1.53. The van der Waals surface area contributed by atoms with Crippen LogP contribution in [0.3, 0.4) is 0 Å². The van der Waals surface area contributed by atoms with Gasteiger partial charge in [-0.1, -0.05) is 26.0 Å². The molecule has 7 nitrogen and oxygen atoms in total. The monoisotopic (exact) mass is 433 g/mol. The molecule has 0 bridgehead atoms. The number of nitrogens with zero attached hydrogens (tertiary/aromatic N) is 4. The van der Waals surface area contributed by atoms with E-state index >= 15 is 0 Å². The predicted octanol–water partition coefficient (Wildman–Crippen LogP) is 3.66. The summed E-state index contributed by atoms with van der Waals surface area (Å²) in [7, 11) is 0. The van der Waals surface area contributed by atoms with Crippen LogP contribution in [0.25, 0.3) is 11.0 Å². The number of fused-ring (bicyclic) bond motifs is 1. The van der Waals surface area contributed by atoms with Crippen molar-refractivity contribution in [3.05, 3.63) is 54.1 Å². The largest absolute Gasteiger partial charge is 0.340 e. The number of amides is 1. The first kappa shape index (κ1) is 22.0. The Balaban J connectivity index is 1.36. The van der Waals surface area contributed by atoms with Crippen LogP contribution in [-0.4, -0.2) is 58.9 Å². The van der Waals surface area contributed by atoms with Gasteiger partial charge < -0.3 is 14.8 Å². The zero-order valence-corrected chi connectivity index (χ0v) is 19.0. The van der Waals surface area contributed by atoms with Gasteiger partial charge in [0.1, 0.15) is 0 Å². The summed E-state index contributed by atoms with van der Waals surface area (Å²) in [6.45, 7) is 10.6. The van der Waals surface area contributed by atoms with Crippen LogP contribution in [0.5, 0.6) is 0 Å². The molecule has 1 fully saturated rings. The smallest absolute Gasteiger partial charge is 0.238 e. The minimum absolute atomic E-state index is 0.0164.